The average molecular weight is 266 g/mol. The van der Waals surface area contributed by atoms with E-state index in [2.05, 4.69) is 9.55 Å². The Kier molecular flexibility index (Phi) is 3.87. The van der Waals surface area contributed by atoms with Crippen LogP contribution in [-0.4, -0.2) is 15.5 Å². The number of nitrogens with two attached hydrogens (primary N) is 1. The maximum atomic E-state index is 10.8. The lowest BCUT2D eigenvalue weighted by molar-refractivity contribution is -0.118. The summed E-state index contributed by atoms with van der Waals surface area (Å²) in [7, 11) is 0. The summed E-state index contributed by atoms with van der Waals surface area (Å²) in [6, 6.07) is 6.01. The molecule has 0 atom stereocenters. The number of imidazole rings is 1. The number of fused-ring (bicyclic) bond motifs is 1. The fraction of sp³-hybridized carbons (Fsp3) is 0.385. The van der Waals surface area contributed by atoms with Gasteiger partial charge in [-0.15, -0.1) is 11.6 Å². The van der Waals surface area contributed by atoms with Gasteiger partial charge >= 0.3 is 0 Å². The number of aromatic nitrogens is 2. The fourth-order valence-electron chi connectivity index (χ4n) is 2.17. The smallest absolute Gasteiger partial charge is 0.217 e. The van der Waals surface area contributed by atoms with Crippen LogP contribution in [0.15, 0.2) is 18.2 Å². The van der Waals surface area contributed by atoms with Gasteiger partial charge in [0.2, 0.25) is 5.91 Å². The molecule has 0 spiro atoms. The Morgan fingerprint density at radius 2 is 2.28 bits per heavy atom. The predicted octanol–water partition coefficient (Wildman–Crippen LogP) is 2.35. The SMILES string of the molecule is Cc1cccc2nc(CCl)n(CCCC(N)=O)c12. The Labute approximate surface area is 111 Å². The molecule has 1 amide bonds. The number of halogens is 1. The normalized spacial score (nSPS) is 11.0. The zero-order valence-corrected chi connectivity index (χ0v) is 11.1. The van der Waals surface area contributed by atoms with Gasteiger partial charge in [-0.1, -0.05) is 12.1 Å². The molecular weight excluding hydrogens is 250 g/mol. The van der Waals surface area contributed by atoms with Gasteiger partial charge in [0.25, 0.3) is 0 Å². The first-order valence-corrected chi connectivity index (χ1v) is 6.46. The van der Waals surface area contributed by atoms with Gasteiger partial charge in [-0.25, -0.2) is 4.98 Å². The van der Waals surface area contributed by atoms with Crippen molar-refractivity contribution in [3.63, 3.8) is 0 Å². The highest BCUT2D eigenvalue weighted by molar-refractivity contribution is 6.16. The molecule has 1 aromatic heterocycles. The molecule has 0 aliphatic carbocycles. The number of hydrogen-bond donors (Lipinski definition) is 1. The molecule has 0 radical (unpaired) electrons. The van der Waals surface area contributed by atoms with Crippen molar-refractivity contribution < 1.29 is 4.79 Å². The Morgan fingerprint density at radius 1 is 1.50 bits per heavy atom. The molecule has 2 aromatic rings. The van der Waals surface area contributed by atoms with E-state index in [0.717, 1.165) is 22.4 Å². The van der Waals surface area contributed by atoms with Crippen molar-refractivity contribution in [1.82, 2.24) is 9.55 Å². The minimum absolute atomic E-state index is 0.274. The van der Waals surface area contributed by atoms with Crippen LogP contribution < -0.4 is 5.73 Å². The number of primary amides is 1. The van der Waals surface area contributed by atoms with Crippen molar-refractivity contribution in [2.24, 2.45) is 5.73 Å². The standard InChI is InChI=1S/C13H16ClN3O/c1-9-4-2-5-10-13(9)17(12(8-14)16-10)7-3-6-11(15)18/h2,4-5H,3,6-8H2,1H3,(H2,15,18). The van der Waals surface area contributed by atoms with Crippen LogP contribution in [0.25, 0.3) is 11.0 Å². The molecule has 0 fully saturated rings. The number of alkyl halides is 1. The highest BCUT2D eigenvalue weighted by Crippen LogP contribution is 2.21. The highest BCUT2D eigenvalue weighted by atomic mass is 35.5. The summed E-state index contributed by atoms with van der Waals surface area (Å²) in [4.78, 5) is 15.3. The van der Waals surface area contributed by atoms with E-state index in [1.807, 2.05) is 25.1 Å². The third kappa shape index (κ3) is 2.48. The van der Waals surface area contributed by atoms with E-state index in [1.54, 1.807) is 0 Å². The second-order valence-electron chi connectivity index (χ2n) is 4.33. The lowest BCUT2D eigenvalue weighted by atomic mass is 10.2. The Morgan fingerprint density at radius 3 is 2.94 bits per heavy atom. The second-order valence-corrected chi connectivity index (χ2v) is 4.59. The predicted molar refractivity (Wildman–Crippen MR) is 72.5 cm³/mol. The second kappa shape index (κ2) is 5.40. The molecule has 0 bridgehead atoms. The molecule has 4 nitrogen and oxygen atoms in total. The number of para-hydroxylation sites is 1. The lowest BCUT2D eigenvalue weighted by Crippen LogP contribution is -2.12. The molecule has 1 aromatic carbocycles. The van der Waals surface area contributed by atoms with Crippen LogP contribution in [0, 0.1) is 6.92 Å². The van der Waals surface area contributed by atoms with Gasteiger partial charge < -0.3 is 10.3 Å². The zero-order chi connectivity index (χ0) is 13.1. The van der Waals surface area contributed by atoms with E-state index in [0.29, 0.717) is 25.3 Å². The first-order valence-electron chi connectivity index (χ1n) is 5.92. The van der Waals surface area contributed by atoms with Gasteiger partial charge in [-0.2, -0.15) is 0 Å². The summed E-state index contributed by atoms with van der Waals surface area (Å²) in [5.74, 6) is 0.930. The first kappa shape index (κ1) is 12.9. The molecule has 0 saturated heterocycles. The topological polar surface area (TPSA) is 60.9 Å². The van der Waals surface area contributed by atoms with Crippen molar-refractivity contribution >= 4 is 28.5 Å². The number of carbonyl (C=O) groups is 1. The molecular formula is C13H16ClN3O. The monoisotopic (exact) mass is 265 g/mol. The largest absolute Gasteiger partial charge is 0.370 e. The van der Waals surface area contributed by atoms with Crippen LogP contribution in [0.5, 0.6) is 0 Å². The molecule has 0 aliphatic heterocycles. The van der Waals surface area contributed by atoms with Gasteiger partial charge in [0, 0.05) is 13.0 Å². The van der Waals surface area contributed by atoms with Gasteiger partial charge in [0.05, 0.1) is 16.9 Å². The zero-order valence-electron chi connectivity index (χ0n) is 10.3. The minimum atomic E-state index is -0.274. The van der Waals surface area contributed by atoms with E-state index in [9.17, 15) is 4.79 Å². The molecule has 18 heavy (non-hydrogen) atoms. The summed E-state index contributed by atoms with van der Waals surface area (Å²) < 4.78 is 2.08. The van der Waals surface area contributed by atoms with Crippen LogP contribution in [-0.2, 0) is 17.2 Å². The summed E-state index contributed by atoms with van der Waals surface area (Å²) in [5, 5.41) is 0. The number of rotatable bonds is 5. The highest BCUT2D eigenvalue weighted by Gasteiger charge is 2.11. The van der Waals surface area contributed by atoms with Crippen LogP contribution in [0.1, 0.15) is 24.2 Å². The van der Waals surface area contributed by atoms with Crippen molar-refractivity contribution in [3.8, 4) is 0 Å². The van der Waals surface area contributed by atoms with Gasteiger partial charge in [0.1, 0.15) is 5.82 Å². The van der Waals surface area contributed by atoms with Crippen LogP contribution >= 0.6 is 11.6 Å². The third-order valence-corrected chi connectivity index (χ3v) is 3.21. The Bertz CT molecular complexity index is 577. The van der Waals surface area contributed by atoms with Crippen molar-refractivity contribution in [3.05, 3.63) is 29.6 Å². The Balaban J connectivity index is 2.37. The van der Waals surface area contributed by atoms with E-state index in [4.69, 9.17) is 17.3 Å². The van der Waals surface area contributed by atoms with E-state index in [-0.39, 0.29) is 5.91 Å². The molecule has 0 aliphatic rings. The summed E-state index contributed by atoms with van der Waals surface area (Å²) in [6.45, 7) is 2.76. The van der Waals surface area contributed by atoms with E-state index >= 15 is 0 Å². The molecule has 96 valence electrons. The van der Waals surface area contributed by atoms with Crippen molar-refractivity contribution in [2.45, 2.75) is 32.2 Å². The van der Waals surface area contributed by atoms with Gasteiger partial charge in [-0.05, 0) is 25.0 Å². The lowest BCUT2D eigenvalue weighted by Gasteiger charge is -2.08. The molecule has 0 unspecified atom stereocenters. The van der Waals surface area contributed by atoms with Crippen LogP contribution in [0.3, 0.4) is 0 Å². The van der Waals surface area contributed by atoms with E-state index < -0.39 is 0 Å². The molecule has 2 rings (SSSR count). The van der Waals surface area contributed by atoms with Crippen LogP contribution in [0.2, 0.25) is 0 Å². The van der Waals surface area contributed by atoms with Crippen molar-refractivity contribution in [2.75, 3.05) is 0 Å². The van der Waals surface area contributed by atoms with Crippen LogP contribution in [0.4, 0.5) is 0 Å². The number of hydrogen-bond acceptors (Lipinski definition) is 2. The number of amides is 1. The van der Waals surface area contributed by atoms with Crippen molar-refractivity contribution in [1.29, 1.82) is 0 Å². The summed E-state index contributed by atoms with van der Waals surface area (Å²) >= 11 is 5.92. The summed E-state index contributed by atoms with van der Waals surface area (Å²) in [5.41, 5.74) is 8.36. The fourth-order valence-corrected chi connectivity index (χ4v) is 2.37. The van der Waals surface area contributed by atoms with Gasteiger partial charge in [0.15, 0.2) is 0 Å². The molecule has 2 N–H and O–H groups in total. The molecule has 1 heterocycles. The number of carbonyl (C=O) groups excluding carboxylic acids is 1. The first-order chi connectivity index (χ1) is 8.63. The average Bonchev–Trinajstić information content (AvgIpc) is 2.68. The number of nitrogens with zero attached hydrogens (tertiary/aromatic N) is 2. The maximum absolute atomic E-state index is 10.8. The maximum Gasteiger partial charge on any atom is 0.217 e. The third-order valence-electron chi connectivity index (χ3n) is 2.97. The molecule has 0 saturated carbocycles. The number of aryl methyl sites for hydroxylation is 2. The van der Waals surface area contributed by atoms with Gasteiger partial charge in [-0.3, -0.25) is 4.79 Å². The van der Waals surface area contributed by atoms with E-state index in [1.165, 1.54) is 0 Å². The quantitative estimate of drug-likeness (QED) is 0.844. The molecule has 5 heteroatoms. The minimum Gasteiger partial charge on any atom is -0.370 e. The number of benzene rings is 1. The Hall–Kier alpha value is -1.55. The summed E-state index contributed by atoms with van der Waals surface area (Å²) in [6.07, 6.45) is 1.09.